The van der Waals surface area contributed by atoms with Gasteiger partial charge in [0.1, 0.15) is 17.6 Å². The summed E-state index contributed by atoms with van der Waals surface area (Å²) < 4.78 is 42.7. The average molecular weight is 471 g/mol. The number of urea groups is 1. The highest BCUT2D eigenvalue weighted by molar-refractivity contribution is 5.75. The predicted octanol–water partition coefficient (Wildman–Crippen LogP) is 2.90. The van der Waals surface area contributed by atoms with Crippen LogP contribution in [-0.2, 0) is 16.1 Å². The van der Waals surface area contributed by atoms with Crippen molar-refractivity contribution in [3.63, 3.8) is 0 Å². The van der Waals surface area contributed by atoms with Gasteiger partial charge in [0.05, 0.1) is 26.0 Å². The van der Waals surface area contributed by atoms with Gasteiger partial charge in [0.2, 0.25) is 0 Å². The number of carbonyl (C=O) groups is 2. The number of morpholine rings is 1. The zero-order valence-corrected chi connectivity index (χ0v) is 17.6. The number of nitrogens with zero attached hydrogens (tertiary/aromatic N) is 4. The molecule has 2 saturated heterocycles. The maximum absolute atomic E-state index is 12.9. The number of alkyl halides is 3. The van der Waals surface area contributed by atoms with Gasteiger partial charge in [-0.2, -0.15) is 13.2 Å². The zero-order valence-electron chi connectivity index (χ0n) is 17.6. The Morgan fingerprint density at radius 3 is 2.58 bits per heavy atom. The second kappa shape index (κ2) is 11.0. The van der Waals surface area contributed by atoms with Crippen LogP contribution >= 0.6 is 0 Å². The zero-order chi connectivity index (χ0) is 23.8. The number of carbonyl (C=O) groups excluding carboxylic acids is 1. The lowest BCUT2D eigenvalue weighted by molar-refractivity contribution is -0.192. The second-order valence-corrected chi connectivity index (χ2v) is 7.30. The van der Waals surface area contributed by atoms with Crippen LogP contribution in [0.1, 0.15) is 30.5 Å². The first-order valence-corrected chi connectivity index (χ1v) is 10.3. The Morgan fingerprint density at radius 1 is 1.21 bits per heavy atom. The number of carboxylic acids is 1. The second-order valence-electron chi connectivity index (χ2n) is 7.30. The Hall–Kier alpha value is -3.35. The van der Waals surface area contributed by atoms with E-state index in [4.69, 9.17) is 19.1 Å². The molecule has 4 heterocycles. The highest BCUT2D eigenvalue weighted by Crippen LogP contribution is 2.25. The molecule has 0 bridgehead atoms. The molecule has 2 N–H and O–H groups in total. The quantitative estimate of drug-likeness (QED) is 0.698. The van der Waals surface area contributed by atoms with Gasteiger partial charge in [0.15, 0.2) is 5.82 Å². The Labute approximate surface area is 187 Å². The number of halogens is 3. The van der Waals surface area contributed by atoms with E-state index in [1.165, 1.54) is 0 Å². The van der Waals surface area contributed by atoms with Crippen molar-refractivity contribution >= 4 is 17.8 Å². The fourth-order valence-electron chi connectivity index (χ4n) is 3.36. The standard InChI is InChI=1S/C18H23N5O3.C2HF3O2/c24-18(22-7-1-2-8-22)23-9-11-25-13-15(23)17-19-6-5-16(21-17)20-12-14-4-3-10-26-14;3-2(4,5)1(6)7/h3-6,10,15H,1-2,7-9,11-13H2,(H,19,20,21);(H,6,7). The van der Waals surface area contributed by atoms with Gasteiger partial charge in [0, 0.05) is 25.8 Å². The Morgan fingerprint density at radius 2 is 1.94 bits per heavy atom. The number of anilines is 1. The molecule has 2 fully saturated rings. The summed E-state index contributed by atoms with van der Waals surface area (Å²) in [4.78, 5) is 34.5. The number of likely N-dealkylation sites (tertiary alicyclic amines) is 1. The van der Waals surface area contributed by atoms with E-state index in [1.54, 1.807) is 12.5 Å². The molecule has 0 spiro atoms. The van der Waals surface area contributed by atoms with Gasteiger partial charge in [-0.3, -0.25) is 0 Å². The smallest absolute Gasteiger partial charge is 0.475 e. The molecule has 2 amide bonds. The normalized spacial score (nSPS) is 18.5. The molecule has 0 radical (unpaired) electrons. The van der Waals surface area contributed by atoms with Crippen LogP contribution in [0.3, 0.4) is 0 Å². The van der Waals surface area contributed by atoms with E-state index >= 15 is 0 Å². The first-order valence-electron chi connectivity index (χ1n) is 10.3. The van der Waals surface area contributed by atoms with Crippen molar-refractivity contribution < 1.29 is 37.0 Å². The van der Waals surface area contributed by atoms with E-state index in [9.17, 15) is 18.0 Å². The fourth-order valence-corrected chi connectivity index (χ4v) is 3.36. The maximum atomic E-state index is 12.9. The molecule has 0 saturated carbocycles. The molecule has 33 heavy (non-hydrogen) atoms. The molecule has 2 aromatic rings. The number of ether oxygens (including phenoxy) is 1. The van der Waals surface area contributed by atoms with Crippen molar-refractivity contribution in [3.05, 3.63) is 42.2 Å². The molecule has 2 aliphatic heterocycles. The molecule has 2 aliphatic rings. The number of hydrogen-bond acceptors (Lipinski definition) is 7. The molecular formula is C20H24F3N5O5. The van der Waals surface area contributed by atoms with Crippen LogP contribution in [0.2, 0.25) is 0 Å². The van der Waals surface area contributed by atoms with Crippen LogP contribution < -0.4 is 5.32 Å². The maximum Gasteiger partial charge on any atom is 0.490 e. The van der Waals surface area contributed by atoms with E-state index in [0.717, 1.165) is 31.7 Å². The van der Waals surface area contributed by atoms with Gasteiger partial charge in [-0.05, 0) is 31.0 Å². The molecule has 0 aliphatic carbocycles. The molecule has 180 valence electrons. The van der Waals surface area contributed by atoms with Crippen molar-refractivity contribution in [2.45, 2.75) is 31.6 Å². The van der Waals surface area contributed by atoms with Crippen LogP contribution in [0, 0.1) is 0 Å². The average Bonchev–Trinajstić information content (AvgIpc) is 3.52. The van der Waals surface area contributed by atoms with Crippen LogP contribution in [0.25, 0.3) is 0 Å². The van der Waals surface area contributed by atoms with Crippen molar-refractivity contribution in [2.75, 3.05) is 38.2 Å². The summed E-state index contributed by atoms with van der Waals surface area (Å²) in [6.07, 6.45) is 0.413. The lowest BCUT2D eigenvalue weighted by Crippen LogP contribution is -2.49. The van der Waals surface area contributed by atoms with Crippen molar-refractivity contribution in [1.29, 1.82) is 0 Å². The number of nitrogens with one attached hydrogen (secondary N) is 1. The molecule has 0 aromatic carbocycles. The van der Waals surface area contributed by atoms with Crippen LogP contribution in [0.15, 0.2) is 35.1 Å². The lowest BCUT2D eigenvalue weighted by atomic mass is 10.2. The van der Waals surface area contributed by atoms with Gasteiger partial charge in [-0.1, -0.05) is 0 Å². The van der Waals surface area contributed by atoms with E-state index in [0.29, 0.717) is 37.9 Å². The molecule has 13 heteroatoms. The van der Waals surface area contributed by atoms with E-state index < -0.39 is 12.1 Å². The lowest BCUT2D eigenvalue weighted by Gasteiger charge is -2.37. The minimum atomic E-state index is -5.08. The summed E-state index contributed by atoms with van der Waals surface area (Å²) in [5.41, 5.74) is 0. The van der Waals surface area contributed by atoms with Gasteiger partial charge in [0.25, 0.3) is 0 Å². The summed E-state index contributed by atoms with van der Waals surface area (Å²) in [5, 5.41) is 10.4. The van der Waals surface area contributed by atoms with Crippen molar-refractivity contribution in [3.8, 4) is 0 Å². The Bertz CT molecular complexity index is 919. The number of aliphatic carboxylic acids is 1. The minimum Gasteiger partial charge on any atom is -0.475 e. The highest BCUT2D eigenvalue weighted by Gasteiger charge is 2.38. The molecule has 1 atom stereocenters. The van der Waals surface area contributed by atoms with Crippen LogP contribution in [-0.4, -0.2) is 75.9 Å². The largest absolute Gasteiger partial charge is 0.490 e. The Balaban J connectivity index is 0.000000383. The SMILES string of the molecule is O=C(N1CCCC1)N1CCOCC1c1nccc(NCc2ccco2)n1.O=C(O)C(F)(F)F. The summed E-state index contributed by atoms with van der Waals surface area (Å²) in [6.45, 7) is 3.73. The molecule has 4 rings (SSSR count). The van der Waals surface area contributed by atoms with Gasteiger partial charge in [-0.25, -0.2) is 19.6 Å². The monoisotopic (exact) mass is 471 g/mol. The third-order valence-corrected chi connectivity index (χ3v) is 4.99. The summed E-state index contributed by atoms with van der Waals surface area (Å²) in [5.74, 6) is -0.628. The molecule has 2 aromatic heterocycles. The highest BCUT2D eigenvalue weighted by atomic mass is 19.4. The molecular weight excluding hydrogens is 447 g/mol. The van der Waals surface area contributed by atoms with Crippen LogP contribution in [0.5, 0.6) is 0 Å². The number of rotatable bonds is 4. The third kappa shape index (κ3) is 6.81. The van der Waals surface area contributed by atoms with E-state index in [-0.39, 0.29) is 12.1 Å². The predicted molar refractivity (Wildman–Crippen MR) is 108 cm³/mol. The minimum absolute atomic E-state index is 0.0633. The summed E-state index contributed by atoms with van der Waals surface area (Å²) in [6, 6.07) is 5.36. The van der Waals surface area contributed by atoms with Crippen molar-refractivity contribution in [2.24, 2.45) is 0 Å². The van der Waals surface area contributed by atoms with Crippen LogP contribution in [0.4, 0.5) is 23.8 Å². The molecule has 10 nitrogen and oxygen atoms in total. The first kappa shape index (κ1) is 24.3. The molecule has 1 unspecified atom stereocenters. The fraction of sp³-hybridized carbons (Fsp3) is 0.500. The number of amides is 2. The number of aromatic nitrogens is 2. The Kier molecular flexibility index (Phi) is 8.09. The summed E-state index contributed by atoms with van der Waals surface area (Å²) >= 11 is 0. The topological polar surface area (TPSA) is 121 Å². The van der Waals surface area contributed by atoms with Gasteiger partial charge < -0.3 is 29.4 Å². The first-order chi connectivity index (χ1) is 15.8. The number of furan rings is 1. The third-order valence-electron chi connectivity index (χ3n) is 4.99. The van der Waals surface area contributed by atoms with Gasteiger partial charge in [-0.15, -0.1) is 0 Å². The number of hydrogen-bond donors (Lipinski definition) is 2. The van der Waals surface area contributed by atoms with Crippen molar-refractivity contribution in [1.82, 2.24) is 19.8 Å². The summed E-state index contributed by atoms with van der Waals surface area (Å²) in [7, 11) is 0. The van der Waals surface area contributed by atoms with E-state index in [2.05, 4.69) is 15.3 Å². The van der Waals surface area contributed by atoms with E-state index in [1.807, 2.05) is 28.0 Å². The van der Waals surface area contributed by atoms with Gasteiger partial charge >= 0.3 is 18.2 Å². The number of carboxylic acid groups (broad SMARTS) is 1.